The summed E-state index contributed by atoms with van der Waals surface area (Å²) in [6.45, 7) is 2.30. The summed E-state index contributed by atoms with van der Waals surface area (Å²) < 4.78 is 0. The first-order chi connectivity index (χ1) is 5.60. The Morgan fingerprint density at radius 2 is 2.42 bits per heavy atom. The van der Waals surface area contributed by atoms with Gasteiger partial charge in [-0.15, -0.1) is 0 Å². The molecule has 1 heterocycles. The van der Waals surface area contributed by atoms with Gasteiger partial charge >= 0.3 is 5.97 Å². The summed E-state index contributed by atoms with van der Waals surface area (Å²) in [5.74, 6) is -0.995. The summed E-state index contributed by atoms with van der Waals surface area (Å²) in [6.07, 6.45) is 1.19. The number of nitrogens with one attached hydrogen (secondary N) is 1. The van der Waals surface area contributed by atoms with E-state index in [4.69, 9.17) is 5.11 Å². The van der Waals surface area contributed by atoms with E-state index in [0.717, 1.165) is 0 Å². The minimum absolute atomic E-state index is 0.124. The van der Waals surface area contributed by atoms with Crippen LogP contribution in [-0.4, -0.2) is 23.5 Å². The average Bonchev–Trinajstić information content (AvgIpc) is 2.04. The SMILES string of the molecule is CCC1(C(=O)O)CCNC(=O)C1. The monoisotopic (exact) mass is 171 g/mol. The number of hydrogen-bond acceptors (Lipinski definition) is 2. The van der Waals surface area contributed by atoms with Crippen molar-refractivity contribution in [1.82, 2.24) is 5.32 Å². The van der Waals surface area contributed by atoms with Crippen LogP contribution in [-0.2, 0) is 9.59 Å². The molecule has 0 aromatic rings. The maximum atomic E-state index is 11.0. The number of rotatable bonds is 2. The minimum atomic E-state index is -0.847. The third-order valence-corrected chi connectivity index (χ3v) is 2.56. The number of carbonyl (C=O) groups is 2. The van der Waals surface area contributed by atoms with Crippen LogP contribution in [0.2, 0.25) is 0 Å². The zero-order chi connectivity index (χ0) is 9.19. The van der Waals surface area contributed by atoms with Crippen LogP contribution >= 0.6 is 0 Å². The largest absolute Gasteiger partial charge is 0.481 e. The summed E-state index contributed by atoms with van der Waals surface area (Å²) in [5.41, 5.74) is -0.803. The number of carboxylic acids is 1. The quantitative estimate of drug-likeness (QED) is 0.631. The Balaban J connectivity index is 2.78. The van der Waals surface area contributed by atoms with Gasteiger partial charge < -0.3 is 10.4 Å². The van der Waals surface area contributed by atoms with E-state index in [2.05, 4.69) is 5.32 Å². The van der Waals surface area contributed by atoms with E-state index in [9.17, 15) is 9.59 Å². The molecule has 0 aliphatic carbocycles. The Kier molecular flexibility index (Phi) is 2.35. The molecule has 0 aromatic carbocycles. The minimum Gasteiger partial charge on any atom is -0.481 e. The smallest absolute Gasteiger partial charge is 0.310 e. The fourth-order valence-electron chi connectivity index (χ4n) is 1.53. The number of carbonyl (C=O) groups excluding carboxylic acids is 1. The molecule has 2 N–H and O–H groups in total. The number of piperidine rings is 1. The van der Waals surface area contributed by atoms with Crippen LogP contribution in [0.25, 0.3) is 0 Å². The number of aliphatic carboxylic acids is 1. The van der Waals surface area contributed by atoms with Crippen molar-refractivity contribution < 1.29 is 14.7 Å². The molecule has 1 atom stereocenters. The lowest BCUT2D eigenvalue weighted by molar-refractivity contribution is -0.154. The lowest BCUT2D eigenvalue weighted by Gasteiger charge is -2.31. The number of amides is 1. The van der Waals surface area contributed by atoms with Gasteiger partial charge in [-0.2, -0.15) is 0 Å². The highest BCUT2D eigenvalue weighted by molar-refractivity contribution is 5.86. The maximum absolute atomic E-state index is 11.0. The summed E-state index contributed by atoms with van der Waals surface area (Å²) in [6, 6.07) is 0. The highest BCUT2D eigenvalue weighted by Crippen LogP contribution is 2.32. The lowest BCUT2D eigenvalue weighted by Crippen LogP contribution is -2.44. The number of hydrogen-bond donors (Lipinski definition) is 2. The zero-order valence-corrected chi connectivity index (χ0v) is 7.09. The Morgan fingerprint density at radius 1 is 1.75 bits per heavy atom. The van der Waals surface area contributed by atoms with Gasteiger partial charge in [0.05, 0.1) is 5.41 Å². The molecule has 12 heavy (non-hydrogen) atoms. The fourth-order valence-corrected chi connectivity index (χ4v) is 1.53. The highest BCUT2D eigenvalue weighted by Gasteiger charge is 2.40. The molecule has 0 saturated carbocycles. The topological polar surface area (TPSA) is 66.4 Å². The molecule has 4 nitrogen and oxygen atoms in total. The first-order valence-electron chi connectivity index (χ1n) is 4.11. The Labute approximate surface area is 71.0 Å². The predicted octanol–water partition coefficient (Wildman–Crippen LogP) is 0.377. The summed E-state index contributed by atoms with van der Waals surface area (Å²) in [5, 5.41) is 11.6. The van der Waals surface area contributed by atoms with Gasteiger partial charge in [0.15, 0.2) is 0 Å². The van der Waals surface area contributed by atoms with Crippen LogP contribution in [0.4, 0.5) is 0 Å². The van der Waals surface area contributed by atoms with Gasteiger partial charge in [-0.05, 0) is 12.8 Å². The first kappa shape index (κ1) is 9.03. The van der Waals surface area contributed by atoms with E-state index in [0.29, 0.717) is 19.4 Å². The average molecular weight is 171 g/mol. The number of carboxylic acid groups (broad SMARTS) is 1. The molecular formula is C8H13NO3. The van der Waals surface area contributed by atoms with Crippen LogP contribution in [0, 0.1) is 5.41 Å². The van der Waals surface area contributed by atoms with Crippen molar-refractivity contribution in [1.29, 1.82) is 0 Å². The molecule has 1 aliphatic rings. The van der Waals surface area contributed by atoms with E-state index in [1.54, 1.807) is 0 Å². The summed E-state index contributed by atoms with van der Waals surface area (Å²) >= 11 is 0. The van der Waals surface area contributed by atoms with Gasteiger partial charge in [-0.3, -0.25) is 9.59 Å². The first-order valence-corrected chi connectivity index (χ1v) is 4.11. The Morgan fingerprint density at radius 3 is 2.75 bits per heavy atom. The Bertz CT molecular complexity index is 214. The second-order valence-corrected chi connectivity index (χ2v) is 3.22. The maximum Gasteiger partial charge on any atom is 0.310 e. The van der Waals surface area contributed by atoms with Crippen LogP contribution in [0.5, 0.6) is 0 Å². The van der Waals surface area contributed by atoms with Gasteiger partial charge in [0.25, 0.3) is 0 Å². The zero-order valence-electron chi connectivity index (χ0n) is 7.09. The van der Waals surface area contributed by atoms with E-state index >= 15 is 0 Å². The van der Waals surface area contributed by atoms with Gasteiger partial charge in [-0.25, -0.2) is 0 Å². The Hall–Kier alpha value is -1.06. The molecule has 0 spiro atoms. The summed E-state index contributed by atoms with van der Waals surface area (Å²) in [7, 11) is 0. The molecule has 0 aromatic heterocycles. The molecule has 1 aliphatic heterocycles. The fraction of sp³-hybridized carbons (Fsp3) is 0.750. The van der Waals surface area contributed by atoms with Crippen molar-refractivity contribution in [2.75, 3.05) is 6.54 Å². The van der Waals surface area contributed by atoms with E-state index in [1.165, 1.54) is 0 Å². The van der Waals surface area contributed by atoms with Gasteiger partial charge in [-0.1, -0.05) is 6.92 Å². The van der Waals surface area contributed by atoms with Crippen molar-refractivity contribution in [2.24, 2.45) is 5.41 Å². The van der Waals surface area contributed by atoms with Gasteiger partial charge in [0.1, 0.15) is 0 Å². The van der Waals surface area contributed by atoms with E-state index < -0.39 is 11.4 Å². The standard InChI is InChI=1S/C8H13NO3/c1-2-8(7(11)12)3-4-9-6(10)5-8/h2-5H2,1H3,(H,9,10)(H,11,12). The normalized spacial score (nSPS) is 29.6. The molecule has 1 fully saturated rings. The predicted molar refractivity (Wildman–Crippen MR) is 42.6 cm³/mol. The van der Waals surface area contributed by atoms with Crippen molar-refractivity contribution in [3.05, 3.63) is 0 Å². The summed E-state index contributed by atoms with van der Waals surface area (Å²) in [4.78, 5) is 21.8. The van der Waals surface area contributed by atoms with Crippen molar-refractivity contribution >= 4 is 11.9 Å². The second-order valence-electron chi connectivity index (χ2n) is 3.22. The second kappa shape index (κ2) is 3.13. The van der Waals surface area contributed by atoms with Crippen molar-refractivity contribution in [3.8, 4) is 0 Å². The molecular weight excluding hydrogens is 158 g/mol. The molecule has 1 rings (SSSR count). The van der Waals surface area contributed by atoms with Crippen molar-refractivity contribution in [2.45, 2.75) is 26.2 Å². The molecule has 1 saturated heterocycles. The van der Waals surface area contributed by atoms with Gasteiger partial charge in [0, 0.05) is 13.0 Å². The third kappa shape index (κ3) is 1.42. The molecule has 4 heteroatoms. The molecule has 68 valence electrons. The third-order valence-electron chi connectivity index (χ3n) is 2.56. The van der Waals surface area contributed by atoms with Crippen LogP contribution < -0.4 is 5.32 Å². The molecule has 1 amide bonds. The molecule has 0 bridgehead atoms. The van der Waals surface area contributed by atoms with Crippen LogP contribution in [0.15, 0.2) is 0 Å². The van der Waals surface area contributed by atoms with E-state index in [-0.39, 0.29) is 12.3 Å². The van der Waals surface area contributed by atoms with Gasteiger partial charge in [0.2, 0.25) is 5.91 Å². The van der Waals surface area contributed by atoms with E-state index in [1.807, 2.05) is 6.92 Å². The van der Waals surface area contributed by atoms with Crippen molar-refractivity contribution in [3.63, 3.8) is 0 Å². The van der Waals surface area contributed by atoms with Crippen LogP contribution in [0.1, 0.15) is 26.2 Å². The highest BCUT2D eigenvalue weighted by atomic mass is 16.4. The lowest BCUT2D eigenvalue weighted by atomic mass is 9.76. The molecule has 1 unspecified atom stereocenters. The van der Waals surface area contributed by atoms with Crippen LogP contribution in [0.3, 0.4) is 0 Å². The molecule has 0 radical (unpaired) electrons.